The summed E-state index contributed by atoms with van der Waals surface area (Å²) < 4.78 is 5.31. The predicted octanol–water partition coefficient (Wildman–Crippen LogP) is 2.39. The number of rotatable bonds is 5. The van der Waals surface area contributed by atoms with Crippen LogP contribution < -0.4 is 5.32 Å². The molecule has 4 rings (SSSR count). The Morgan fingerprint density at radius 3 is 2.93 bits per heavy atom. The van der Waals surface area contributed by atoms with Crippen LogP contribution in [0.5, 0.6) is 0 Å². The minimum Gasteiger partial charge on any atom is -0.378 e. The van der Waals surface area contributed by atoms with Crippen LogP contribution in [0.4, 0.5) is 5.95 Å². The third-order valence-corrected chi connectivity index (χ3v) is 4.72. The van der Waals surface area contributed by atoms with Gasteiger partial charge in [0.05, 0.1) is 13.2 Å². The molecule has 7 heteroatoms. The van der Waals surface area contributed by atoms with Gasteiger partial charge in [-0.3, -0.25) is 4.79 Å². The number of aromatic amines is 1. The average molecular weight is 365 g/mol. The van der Waals surface area contributed by atoms with Crippen LogP contribution in [0.2, 0.25) is 0 Å². The van der Waals surface area contributed by atoms with Crippen LogP contribution >= 0.6 is 0 Å². The maximum absolute atomic E-state index is 12.7. The van der Waals surface area contributed by atoms with Gasteiger partial charge in [0.2, 0.25) is 5.95 Å². The number of nitrogens with zero attached hydrogens (tertiary/aromatic N) is 3. The lowest BCUT2D eigenvalue weighted by Crippen LogP contribution is -2.41. The summed E-state index contributed by atoms with van der Waals surface area (Å²) in [6, 6.07) is 9.99. The van der Waals surface area contributed by atoms with Crippen LogP contribution in [0.1, 0.15) is 21.7 Å². The summed E-state index contributed by atoms with van der Waals surface area (Å²) in [4.78, 5) is 26.6. The highest BCUT2D eigenvalue weighted by Gasteiger charge is 2.20. The van der Waals surface area contributed by atoms with Gasteiger partial charge in [-0.1, -0.05) is 18.2 Å². The normalized spacial score (nSPS) is 14.5. The molecule has 1 aliphatic heterocycles. The first-order valence-electron chi connectivity index (χ1n) is 9.22. The molecule has 2 aromatic heterocycles. The SMILES string of the molecule is Cc1cc(C(=O)N2CCOCC2)nc(NCCc2c[nH]c3ccccc23)n1. The van der Waals surface area contributed by atoms with Gasteiger partial charge in [-0.2, -0.15) is 0 Å². The molecule has 1 aliphatic rings. The van der Waals surface area contributed by atoms with E-state index in [-0.39, 0.29) is 5.91 Å². The van der Waals surface area contributed by atoms with Gasteiger partial charge in [0.15, 0.2) is 0 Å². The molecule has 3 aromatic rings. The molecular formula is C20H23N5O2. The van der Waals surface area contributed by atoms with E-state index in [0.29, 0.717) is 44.5 Å². The summed E-state index contributed by atoms with van der Waals surface area (Å²) in [6.45, 7) is 4.92. The number of morpholine rings is 1. The Labute approximate surface area is 157 Å². The van der Waals surface area contributed by atoms with E-state index in [1.54, 1.807) is 11.0 Å². The van der Waals surface area contributed by atoms with E-state index >= 15 is 0 Å². The highest BCUT2D eigenvalue weighted by atomic mass is 16.5. The number of benzene rings is 1. The van der Waals surface area contributed by atoms with Gasteiger partial charge in [0, 0.05) is 42.4 Å². The summed E-state index contributed by atoms with van der Waals surface area (Å²) in [7, 11) is 0. The van der Waals surface area contributed by atoms with Crippen molar-refractivity contribution < 1.29 is 9.53 Å². The second-order valence-electron chi connectivity index (χ2n) is 6.66. The minimum absolute atomic E-state index is 0.0662. The largest absolute Gasteiger partial charge is 0.378 e. The van der Waals surface area contributed by atoms with Gasteiger partial charge < -0.3 is 19.9 Å². The van der Waals surface area contributed by atoms with Gasteiger partial charge >= 0.3 is 0 Å². The van der Waals surface area contributed by atoms with Crippen molar-refractivity contribution in [2.24, 2.45) is 0 Å². The lowest BCUT2D eigenvalue weighted by atomic mass is 10.1. The Morgan fingerprint density at radius 2 is 2.07 bits per heavy atom. The number of nitrogens with one attached hydrogen (secondary N) is 2. The van der Waals surface area contributed by atoms with Crippen molar-refractivity contribution in [3.8, 4) is 0 Å². The molecule has 1 aromatic carbocycles. The van der Waals surface area contributed by atoms with E-state index in [9.17, 15) is 4.79 Å². The Morgan fingerprint density at radius 1 is 1.26 bits per heavy atom. The fraction of sp³-hybridized carbons (Fsp3) is 0.350. The molecule has 0 saturated carbocycles. The van der Waals surface area contributed by atoms with Gasteiger partial charge in [0.1, 0.15) is 5.69 Å². The van der Waals surface area contributed by atoms with Crippen molar-refractivity contribution in [1.82, 2.24) is 19.9 Å². The van der Waals surface area contributed by atoms with Crippen molar-refractivity contribution in [1.29, 1.82) is 0 Å². The molecule has 0 radical (unpaired) electrons. The lowest BCUT2D eigenvalue weighted by molar-refractivity contribution is 0.0299. The third kappa shape index (κ3) is 3.93. The number of para-hydroxylation sites is 1. The van der Waals surface area contributed by atoms with E-state index in [0.717, 1.165) is 17.6 Å². The number of carbonyl (C=O) groups excluding carboxylic acids is 1. The van der Waals surface area contributed by atoms with Crippen molar-refractivity contribution in [3.05, 3.63) is 53.5 Å². The number of aromatic nitrogens is 3. The molecule has 1 saturated heterocycles. The van der Waals surface area contributed by atoms with Crippen molar-refractivity contribution >= 4 is 22.8 Å². The van der Waals surface area contributed by atoms with Crippen LogP contribution in [0.15, 0.2) is 36.5 Å². The number of fused-ring (bicyclic) bond motifs is 1. The fourth-order valence-electron chi connectivity index (χ4n) is 3.33. The zero-order valence-electron chi connectivity index (χ0n) is 15.4. The van der Waals surface area contributed by atoms with Gasteiger partial charge in [-0.25, -0.2) is 9.97 Å². The number of hydrogen-bond acceptors (Lipinski definition) is 5. The summed E-state index contributed by atoms with van der Waals surface area (Å²) >= 11 is 0. The summed E-state index contributed by atoms with van der Waals surface area (Å²) in [6.07, 6.45) is 2.88. The molecule has 1 fully saturated rings. The van der Waals surface area contributed by atoms with Crippen LogP contribution in [-0.2, 0) is 11.2 Å². The molecule has 27 heavy (non-hydrogen) atoms. The van der Waals surface area contributed by atoms with Crippen LogP contribution in [0.25, 0.3) is 10.9 Å². The first kappa shape index (κ1) is 17.5. The standard InChI is InChI=1S/C20H23N5O2/c1-14-12-18(19(26)25-8-10-27-11-9-25)24-20(23-14)21-7-6-15-13-22-17-5-3-2-4-16(15)17/h2-5,12-13,22H,6-11H2,1H3,(H,21,23,24). The summed E-state index contributed by atoms with van der Waals surface area (Å²) in [5.41, 5.74) is 3.59. The van der Waals surface area contributed by atoms with Crippen molar-refractivity contribution in [2.75, 3.05) is 38.2 Å². The van der Waals surface area contributed by atoms with E-state index in [2.05, 4.69) is 32.4 Å². The number of anilines is 1. The number of hydrogen-bond donors (Lipinski definition) is 2. The Bertz CT molecular complexity index is 946. The maximum atomic E-state index is 12.7. The van der Waals surface area contributed by atoms with E-state index in [1.165, 1.54) is 10.9 Å². The average Bonchev–Trinajstić information content (AvgIpc) is 3.11. The number of ether oxygens (including phenoxy) is 1. The number of carbonyl (C=O) groups is 1. The Kier molecular flexibility index (Phi) is 5.02. The molecule has 0 aliphatic carbocycles. The Hall–Kier alpha value is -2.93. The number of aryl methyl sites for hydroxylation is 1. The highest BCUT2D eigenvalue weighted by Crippen LogP contribution is 2.18. The molecule has 0 spiro atoms. The van der Waals surface area contributed by atoms with Gasteiger partial charge in [0.25, 0.3) is 5.91 Å². The molecule has 1 amide bonds. The summed E-state index contributed by atoms with van der Waals surface area (Å²) in [5, 5.41) is 4.48. The first-order chi connectivity index (χ1) is 13.2. The smallest absolute Gasteiger partial charge is 0.272 e. The quantitative estimate of drug-likeness (QED) is 0.725. The predicted molar refractivity (Wildman–Crippen MR) is 104 cm³/mol. The minimum atomic E-state index is -0.0662. The second kappa shape index (κ2) is 7.75. The topological polar surface area (TPSA) is 83.1 Å². The molecule has 0 atom stereocenters. The van der Waals surface area contributed by atoms with Gasteiger partial charge in [-0.15, -0.1) is 0 Å². The highest BCUT2D eigenvalue weighted by molar-refractivity contribution is 5.92. The fourth-order valence-corrected chi connectivity index (χ4v) is 3.33. The molecule has 3 heterocycles. The van der Waals surface area contributed by atoms with Crippen LogP contribution in [0.3, 0.4) is 0 Å². The number of H-pyrrole nitrogens is 1. The van der Waals surface area contributed by atoms with Crippen molar-refractivity contribution in [2.45, 2.75) is 13.3 Å². The van der Waals surface area contributed by atoms with Crippen LogP contribution in [0, 0.1) is 6.92 Å². The molecular weight excluding hydrogens is 342 g/mol. The van der Waals surface area contributed by atoms with E-state index in [1.807, 2.05) is 25.3 Å². The first-order valence-corrected chi connectivity index (χ1v) is 9.22. The third-order valence-electron chi connectivity index (χ3n) is 4.72. The molecule has 7 nitrogen and oxygen atoms in total. The molecule has 0 unspecified atom stereocenters. The van der Waals surface area contributed by atoms with Crippen LogP contribution in [-0.4, -0.2) is 58.6 Å². The zero-order chi connectivity index (χ0) is 18.6. The molecule has 2 N–H and O–H groups in total. The molecule has 140 valence electrons. The second-order valence-corrected chi connectivity index (χ2v) is 6.66. The van der Waals surface area contributed by atoms with E-state index < -0.39 is 0 Å². The zero-order valence-corrected chi connectivity index (χ0v) is 15.4. The molecule has 0 bridgehead atoms. The maximum Gasteiger partial charge on any atom is 0.272 e. The summed E-state index contributed by atoms with van der Waals surface area (Å²) in [5.74, 6) is 0.426. The van der Waals surface area contributed by atoms with E-state index in [4.69, 9.17) is 4.74 Å². The van der Waals surface area contributed by atoms with Gasteiger partial charge in [-0.05, 0) is 31.0 Å². The number of amides is 1. The van der Waals surface area contributed by atoms with Crippen molar-refractivity contribution in [3.63, 3.8) is 0 Å². The monoisotopic (exact) mass is 365 g/mol. The lowest BCUT2D eigenvalue weighted by Gasteiger charge is -2.26. The Balaban J connectivity index is 1.43.